The maximum absolute atomic E-state index is 12.4. The van der Waals surface area contributed by atoms with E-state index in [2.05, 4.69) is 30.1 Å². The number of pyridine rings is 1. The van der Waals surface area contributed by atoms with Gasteiger partial charge in [0.15, 0.2) is 5.58 Å². The van der Waals surface area contributed by atoms with Crippen molar-refractivity contribution >= 4 is 23.0 Å². The number of oxazole rings is 1. The van der Waals surface area contributed by atoms with Crippen LogP contribution >= 0.6 is 0 Å². The number of nitrogens with zero attached hydrogens (tertiary/aromatic N) is 5. The van der Waals surface area contributed by atoms with Gasteiger partial charge in [-0.2, -0.15) is 4.98 Å². The van der Waals surface area contributed by atoms with Gasteiger partial charge in [-0.25, -0.2) is 4.98 Å². The summed E-state index contributed by atoms with van der Waals surface area (Å²) in [6.45, 7) is 6.37. The highest BCUT2D eigenvalue weighted by Gasteiger charge is 2.38. The van der Waals surface area contributed by atoms with Crippen LogP contribution in [0.2, 0.25) is 0 Å². The minimum Gasteiger partial charge on any atom is -0.490 e. The number of amides is 1. The zero-order valence-electron chi connectivity index (χ0n) is 28.5. The van der Waals surface area contributed by atoms with Crippen LogP contribution in [0.15, 0.2) is 53.3 Å². The van der Waals surface area contributed by atoms with Crippen molar-refractivity contribution in [1.29, 1.82) is 0 Å². The van der Waals surface area contributed by atoms with Gasteiger partial charge in [-0.05, 0) is 49.4 Å². The Morgan fingerprint density at radius 3 is 2.58 bits per heavy atom. The number of anilines is 1. The Balaban J connectivity index is 0.698. The Hall–Kier alpha value is -4.24. The number of imidazole rings is 1. The molecule has 2 aliphatic heterocycles. The SMILES string of the molecule is O=C(NCCOCCOCCOCCOc1ccc(COc2ccc3oc(N4CCn5ccnc5C4)nc3c2)nc1)[C@@H]1C[C@@H]2CCCC[C@@H]2N1. The number of nitrogens with one attached hydrogen (secondary N) is 2. The fourth-order valence-electron chi connectivity index (χ4n) is 6.85. The highest BCUT2D eigenvalue weighted by molar-refractivity contribution is 5.82. The summed E-state index contributed by atoms with van der Waals surface area (Å²) in [5.41, 5.74) is 2.24. The van der Waals surface area contributed by atoms with Crippen LogP contribution in [0.3, 0.4) is 0 Å². The molecule has 1 saturated carbocycles. The monoisotopic (exact) mass is 689 g/mol. The third-order valence-electron chi connectivity index (χ3n) is 9.51. The molecule has 1 aliphatic carbocycles. The van der Waals surface area contributed by atoms with Gasteiger partial charge in [0.2, 0.25) is 5.91 Å². The molecule has 0 radical (unpaired) electrons. The first kappa shape index (κ1) is 34.2. The minimum absolute atomic E-state index is 0.0535. The Kier molecular flexibility index (Phi) is 11.7. The number of aromatic nitrogens is 4. The average molecular weight is 690 g/mol. The number of hydrogen-bond acceptors (Lipinski definition) is 12. The van der Waals surface area contributed by atoms with Crippen LogP contribution in [0.5, 0.6) is 11.5 Å². The average Bonchev–Trinajstić information content (AvgIpc) is 3.91. The summed E-state index contributed by atoms with van der Waals surface area (Å²) in [6.07, 6.45) is 11.5. The predicted octanol–water partition coefficient (Wildman–Crippen LogP) is 3.48. The molecule has 0 bridgehead atoms. The van der Waals surface area contributed by atoms with E-state index in [-0.39, 0.29) is 11.9 Å². The quantitative estimate of drug-likeness (QED) is 0.148. The van der Waals surface area contributed by atoms with Crippen molar-refractivity contribution in [3.8, 4) is 11.5 Å². The lowest BCUT2D eigenvalue weighted by molar-refractivity contribution is -0.123. The number of fused-ring (bicyclic) bond motifs is 3. The van der Waals surface area contributed by atoms with Crippen LogP contribution in [0.1, 0.15) is 43.6 Å². The first-order valence-electron chi connectivity index (χ1n) is 17.8. The van der Waals surface area contributed by atoms with Crippen LogP contribution in [-0.4, -0.2) is 96.8 Å². The van der Waals surface area contributed by atoms with Crippen molar-refractivity contribution in [3.63, 3.8) is 0 Å². The Labute approximate surface area is 291 Å². The molecule has 2 fully saturated rings. The fraction of sp³-hybridized carbons (Fsp3) is 0.556. The third kappa shape index (κ3) is 9.10. The zero-order chi connectivity index (χ0) is 34.0. The smallest absolute Gasteiger partial charge is 0.298 e. The maximum Gasteiger partial charge on any atom is 0.298 e. The molecule has 4 aromatic rings. The van der Waals surface area contributed by atoms with Gasteiger partial charge in [-0.15, -0.1) is 0 Å². The van der Waals surface area contributed by atoms with Crippen LogP contribution in [0.4, 0.5) is 6.01 Å². The lowest BCUT2D eigenvalue weighted by atomic mass is 9.85. The van der Waals surface area contributed by atoms with Crippen LogP contribution in [0, 0.1) is 5.92 Å². The summed E-state index contributed by atoms with van der Waals surface area (Å²) < 4.78 is 36.6. The van der Waals surface area contributed by atoms with Gasteiger partial charge < -0.3 is 48.2 Å². The van der Waals surface area contributed by atoms with Gasteiger partial charge in [0.1, 0.15) is 36.1 Å². The number of benzene rings is 1. The van der Waals surface area contributed by atoms with Gasteiger partial charge in [-0.3, -0.25) is 9.78 Å². The van der Waals surface area contributed by atoms with Crippen LogP contribution in [0.25, 0.3) is 11.1 Å². The van der Waals surface area contributed by atoms with E-state index >= 15 is 0 Å². The largest absolute Gasteiger partial charge is 0.490 e. The van der Waals surface area contributed by atoms with Gasteiger partial charge in [-0.1, -0.05) is 12.8 Å². The standard InChI is InChI=1S/C36H47N7O7/c44-35(32-21-26-3-1-2-4-30(26)40-32)38-10-14-45-15-16-46-17-18-47-19-20-48-29-6-5-27(39-23-29)25-49-28-7-8-33-31(22-28)41-36(50-33)43-13-12-42-11-9-37-34(42)24-43/h5-9,11,22-23,26,30,32,40H,1-4,10,12-21,24-25H2,(H,38,44)/t26-,30-,32-/m0/s1. The van der Waals surface area contributed by atoms with Crippen molar-refractivity contribution in [2.45, 2.75) is 63.9 Å². The van der Waals surface area contributed by atoms with E-state index in [9.17, 15) is 4.79 Å². The number of carbonyl (C=O) groups is 1. The molecule has 3 aromatic heterocycles. The molecule has 3 atom stereocenters. The normalized spacial score (nSPS) is 20.1. The molecule has 14 nitrogen and oxygen atoms in total. The molecule has 268 valence electrons. The topological polar surface area (TPSA) is 147 Å². The number of carbonyl (C=O) groups excluding carboxylic acids is 1. The minimum atomic E-state index is -0.0535. The van der Waals surface area contributed by atoms with Gasteiger partial charge in [0.25, 0.3) is 6.01 Å². The second-order valence-corrected chi connectivity index (χ2v) is 12.9. The summed E-state index contributed by atoms with van der Waals surface area (Å²) in [4.78, 5) is 28.1. The first-order valence-corrected chi connectivity index (χ1v) is 17.8. The van der Waals surface area contributed by atoms with Gasteiger partial charge in [0, 0.05) is 44.1 Å². The molecule has 5 heterocycles. The Bertz CT molecular complexity index is 1650. The number of rotatable bonds is 18. The lowest BCUT2D eigenvalue weighted by Gasteiger charge is -2.25. The molecule has 3 aliphatic rings. The highest BCUT2D eigenvalue weighted by Crippen LogP contribution is 2.33. The molecular formula is C36H47N7O7. The number of hydrogen-bond donors (Lipinski definition) is 2. The van der Waals surface area contributed by atoms with E-state index in [4.69, 9.17) is 33.1 Å². The molecular weight excluding hydrogens is 642 g/mol. The molecule has 1 aromatic carbocycles. The molecule has 1 amide bonds. The molecule has 7 rings (SSSR count). The first-order chi connectivity index (χ1) is 24.7. The molecule has 50 heavy (non-hydrogen) atoms. The van der Waals surface area contributed by atoms with E-state index < -0.39 is 0 Å². The second-order valence-electron chi connectivity index (χ2n) is 12.9. The Morgan fingerprint density at radius 2 is 1.74 bits per heavy atom. The van der Waals surface area contributed by atoms with Crippen molar-refractivity contribution in [2.24, 2.45) is 5.92 Å². The van der Waals surface area contributed by atoms with Crippen molar-refractivity contribution in [2.75, 3.05) is 64.2 Å². The summed E-state index contributed by atoms with van der Waals surface area (Å²) in [5.74, 6) is 3.11. The van der Waals surface area contributed by atoms with Gasteiger partial charge >= 0.3 is 0 Å². The molecule has 0 unspecified atom stereocenters. The van der Waals surface area contributed by atoms with E-state index in [1.165, 1.54) is 25.7 Å². The predicted molar refractivity (Wildman–Crippen MR) is 184 cm³/mol. The van der Waals surface area contributed by atoms with Crippen LogP contribution < -0.4 is 25.0 Å². The fourth-order valence-corrected chi connectivity index (χ4v) is 6.85. The van der Waals surface area contributed by atoms with Crippen LogP contribution in [-0.2, 0) is 38.7 Å². The summed E-state index contributed by atoms with van der Waals surface area (Å²) in [5, 5.41) is 6.50. The van der Waals surface area contributed by atoms with Crippen molar-refractivity contribution in [3.05, 3.63) is 60.4 Å². The molecule has 0 spiro atoms. The number of ether oxygens (including phenoxy) is 5. The lowest BCUT2D eigenvalue weighted by Crippen LogP contribution is -2.44. The Morgan fingerprint density at radius 1 is 0.920 bits per heavy atom. The molecule has 1 saturated heterocycles. The third-order valence-corrected chi connectivity index (χ3v) is 9.51. The summed E-state index contributed by atoms with van der Waals surface area (Å²) >= 11 is 0. The zero-order valence-corrected chi connectivity index (χ0v) is 28.5. The molecule has 14 heteroatoms. The van der Waals surface area contributed by atoms with E-state index in [1.807, 2.05) is 42.7 Å². The maximum atomic E-state index is 12.4. The van der Waals surface area contributed by atoms with E-state index in [0.29, 0.717) is 101 Å². The van der Waals surface area contributed by atoms with E-state index in [1.54, 1.807) is 6.20 Å². The van der Waals surface area contributed by atoms with Crippen molar-refractivity contribution < 1.29 is 32.9 Å². The van der Waals surface area contributed by atoms with Gasteiger partial charge in [0.05, 0.1) is 64.1 Å². The summed E-state index contributed by atoms with van der Waals surface area (Å²) in [6, 6.07) is 10.4. The molecule has 2 N–H and O–H groups in total. The van der Waals surface area contributed by atoms with E-state index in [0.717, 1.165) is 36.5 Å². The summed E-state index contributed by atoms with van der Waals surface area (Å²) in [7, 11) is 0. The highest BCUT2D eigenvalue weighted by atomic mass is 16.6. The second kappa shape index (κ2) is 17.1. The van der Waals surface area contributed by atoms with Crippen molar-refractivity contribution in [1.82, 2.24) is 30.2 Å².